The number of carbonyl (C=O) groups is 1. The third-order valence-electron chi connectivity index (χ3n) is 1.89. The molecule has 0 radical (unpaired) electrons. The van der Waals surface area contributed by atoms with Gasteiger partial charge in [0.1, 0.15) is 11.6 Å². The lowest BCUT2D eigenvalue weighted by Gasteiger charge is -2.08. The minimum Gasteiger partial charge on any atom is -0.338 e. The van der Waals surface area contributed by atoms with Gasteiger partial charge in [-0.25, -0.2) is 4.98 Å². The largest absolute Gasteiger partial charge is 0.338 e. The maximum Gasteiger partial charge on any atom is 0.130 e. The third-order valence-corrected chi connectivity index (χ3v) is 1.89. The monoisotopic (exact) mass is 166 g/mol. The van der Waals surface area contributed by atoms with Crippen LogP contribution < -0.4 is 0 Å². The molecule has 0 aromatic carbocycles. The van der Waals surface area contributed by atoms with Crippen molar-refractivity contribution < 1.29 is 4.79 Å². The number of Topliss-reactive ketones (excluding diaryl/α,β-unsaturated/α-hetero) is 1. The summed E-state index contributed by atoms with van der Waals surface area (Å²) >= 11 is 0. The second kappa shape index (κ2) is 3.52. The quantitative estimate of drug-likeness (QED) is 0.682. The molecule has 0 saturated carbocycles. The lowest BCUT2D eigenvalue weighted by atomic mass is 10.1. The zero-order valence-corrected chi connectivity index (χ0v) is 7.74. The summed E-state index contributed by atoms with van der Waals surface area (Å²) in [5, 5.41) is 0. The molecule has 1 aromatic heterocycles. The van der Waals surface area contributed by atoms with Gasteiger partial charge in [-0.3, -0.25) is 0 Å². The van der Waals surface area contributed by atoms with Crippen LogP contribution in [0, 0.1) is 0 Å². The van der Waals surface area contributed by atoms with Crippen molar-refractivity contribution in [3.8, 4) is 0 Å². The first-order valence-corrected chi connectivity index (χ1v) is 4.08. The molecule has 0 aliphatic carbocycles. The van der Waals surface area contributed by atoms with Gasteiger partial charge in [-0.1, -0.05) is 6.92 Å². The molecule has 0 aliphatic heterocycles. The number of aryl methyl sites for hydroxylation is 1. The van der Waals surface area contributed by atoms with Gasteiger partial charge in [0.15, 0.2) is 0 Å². The van der Waals surface area contributed by atoms with E-state index in [0.29, 0.717) is 6.42 Å². The van der Waals surface area contributed by atoms with E-state index in [1.54, 1.807) is 13.1 Å². The van der Waals surface area contributed by atoms with E-state index in [1.807, 2.05) is 24.7 Å². The Bertz CT molecular complexity index is 278. The van der Waals surface area contributed by atoms with E-state index < -0.39 is 0 Å². The standard InChI is InChI=1S/C9H14N2O/c1-7(6-8(2)12)9-10-4-5-11(9)3/h4-5,7H,6H2,1-3H3. The summed E-state index contributed by atoms with van der Waals surface area (Å²) in [5.74, 6) is 1.42. The third kappa shape index (κ3) is 1.94. The van der Waals surface area contributed by atoms with Gasteiger partial charge in [0, 0.05) is 31.8 Å². The van der Waals surface area contributed by atoms with Crippen LogP contribution in [-0.4, -0.2) is 15.3 Å². The smallest absolute Gasteiger partial charge is 0.130 e. The number of hydrogen-bond acceptors (Lipinski definition) is 2. The Morgan fingerprint density at radius 2 is 2.42 bits per heavy atom. The molecule has 1 aromatic rings. The molecule has 12 heavy (non-hydrogen) atoms. The van der Waals surface area contributed by atoms with E-state index in [1.165, 1.54) is 0 Å². The van der Waals surface area contributed by atoms with E-state index in [0.717, 1.165) is 5.82 Å². The summed E-state index contributed by atoms with van der Waals surface area (Å²) in [6, 6.07) is 0. The van der Waals surface area contributed by atoms with Gasteiger partial charge in [0.25, 0.3) is 0 Å². The molecule has 0 N–H and O–H groups in total. The lowest BCUT2D eigenvalue weighted by Crippen LogP contribution is -2.06. The molecule has 1 unspecified atom stereocenters. The number of ketones is 1. The molecular formula is C9H14N2O. The number of imidazole rings is 1. The molecule has 0 saturated heterocycles. The van der Waals surface area contributed by atoms with Crippen LogP contribution in [0.1, 0.15) is 32.0 Å². The predicted octanol–water partition coefficient (Wildman–Crippen LogP) is 1.50. The molecule has 0 bridgehead atoms. The average molecular weight is 166 g/mol. The molecule has 0 spiro atoms. The van der Waals surface area contributed by atoms with Crippen LogP contribution in [0.5, 0.6) is 0 Å². The highest BCUT2D eigenvalue weighted by Crippen LogP contribution is 2.15. The summed E-state index contributed by atoms with van der Waals surface area (Å²) in [7, 11) is 1.94. The molecule has 1 atom stereocenters. The number of hydrogen-bond donors (Lipinski definition) is 0. The van der Waals surface area contributed by atoms with Crippen molar-refractivity contribution >= 4 is 5.78 Å². The van der Waals surface area contributed by atoms with Gasteiger partial charge in [-0.05, 0) is 6.92 Å². The van der Waals surface area contributed by atoms with Gasteiger partial charge in [0.05, 0.1) is 0 Å². The molecule has 3 heteroatoms. The van der Waals surface area contributed by atoms with Crippen molar-refractivity contribution in [1.82, 2.24) is 9.55 Å². The number of nitrogens with zero attached hydrogens (tertiary/aromatic N) is 2. The minimum atomic E-state index is 0.213. The van der Waals surface area contributed by atoms with Crippen LogP contribution in [0.25, 0.3) is 0 Å². The van der Waals surface area contributed by atoms with Gasteiger partial charge < -0.3 is 9.36 Å². The lowest BCUT2D eigenvalue weighted by molar-refractivity contribution is -0.117. The fourth-order valence-electron chi connectivity index (χ4n) is 1.37. The van der Waals surface area contributed by atoms with Crippen LogP contribution in [0.3, 0.4) is 0 Å². The first-order chi connectivity index (χ1) is 5.61. The molecule has 1 heterocycles. The number of aromatic nitrogens is 2. The average Bonchev–Trinajstić information content (AvgIpc) is 2.33. The van der Waals surface area contributed by atoms with Crippen LogP contribution in [0.2, 0.25) is 0 Å². The summed E-state index contributed by atoms with van der Waals surface area (Å²) < 4.78 is 1.95. The van der Waals surface area contributed by atoms with Crippen molar-refractivity contribution in [2.75, 3.05) is 0 Å². The highest BCUT2D eigenvalue weighted by molar-refractivity contribution is 5.76. The Morgan fingerprint density at radius 1 is 1.75 bits per heavy atom. The Morgan fingerprint density at radius 3 is 2.83 bits per heavy atom. The Balaban J connectivity index is 2.71. The van der Waals surface area contributed by atoms with E-state index in [2.05, 4.69) is 4.98 Å². The van der Waals surface area contributed by atoms with Crippen LogP contribution >= 0.6 is 0 Å². The van der Waals surface area contributed by atoms with Crippen molar-refractivity contribution in [2.45, 2.75) is 26.2 Å². The number of carbonyl (C=O) groups excluding carboxylic acids is 1. The first kappa shape index (κ1) is 8.97. The second-order valence-corrected chi connectivity index (χ2v) is 3.20. The summed E-state index contributed by atoms with van der Waals surface area (Å²) in [6.07, 6.45) is 4.22. The van der Waals surface area contributed by atoms with Gasteiger partial charge in [-0.2, -0.15) is 0 Å². The van der Waals surface area contributed by atoms with Crippen molar-refractivity contribution in [3.63, 3.8) is 0 Å². The SMILES string of the molecule is CC(=O)CC(C)c1nccn1C. The van der Waals surface area contributed by atoms with E-state index in [9.17, 15) is 4.79 Å². The second-order valence-electron chi connectivity index (χ2n) is 3.20. The zero-order valence-electron chi connectivity index (χ0n) is 7.74. The number of rotatable bonds is 3. The normalized spacial score (nSPS) is 12.9. The van der Waals surface area contributed by atoms with Crippen LogP contribution in [0.4, 0.5) is 0 Å². The minimum absolute atomic E-state index is 0.213. The van der Waals surface area contributed by atoms with E-state index >= 15 is 0 Å². The highest BCUT2D eigenvalue weighted by Gasteiger charge is 2.11. The molecule has 0 fully saturated rings. The highest BCUT2D eigenvalue weighted by atomic mass is 16.1. The van der Waals surface area contributed by atoms with Crippen LogP contribution in [0.15, 0.2) is 12.4 Å². The molecule has 1 rings (SSSR count). The fourth-order valence-corrected chi connectivity index (χ4v) is 1.37. The van der Waals surface area contributed by atoms with Gasteiger partial charge in [0.2, 0.25) is 0 Å². The van der Waals surface area contributed by atoms with Crippen LogP contribution in [-0.2, 0) is 11.8 Å². The summed E-state index contributed by atoms with van der Waals surface area (Å²) in [6.45, 7) is 3.63. The van der Waals surface area contributed by atoms with Gasteiger partial charge >= 0.3 is 0 Å². The molecule has 0 aliphatic rings. The topological polar surface area (TPSA) is 34.9 Å². The van der Waals surface area contributed by atoms with E-state index in [4.69, 9.17) is 0 Å². The maximum atomic E-state index is 10.8. The maximum absolute atomic E-state index is 10.8. The summed E-state index contributed by atoms with van der Waals surface area (Å²) in [4.78, 5) is 15.0. The van der Waals surface area contributed by atoms with Crippen molar-refractivity contribution in [1.29, 1.82) is 0 Å². The first-order valence-electron chi connectivity index (χ1n) is 4.08. The molecule has 0 amide bonds. The van der Waals surface area contributed by atoms with Gasteiger partial charge in [-0.15, -0.1) is 0 Å². The summed E-state index contributed by atoms with van der Waals surface area (Å²) in [5.41, 5.74) is 0. The molecule has 66 valence electrons. The Hall–Kier alpha value is -1.12. The van der Waals surface area contributed by atoms with Crippen molar-refractivity contribution in [3.05, 3.63) is 18.2 Å². The Kier molecular flexibility index (Phi) is 2.63. The van der Waals surface area contributed by atoms with E-state index in [-0.39, 0.29) is 11.7 Å². The Labute approximate surface area is 72.4 Å². The molecule has 3 nitrogen and oxygen atoms in total. The molecular weight excluding hydrogens is 152 g/mol. The zero-order chi connectivity index (χ0) is 9.14. The fraction of sp³-hybridized carbons (Fsp3) is 0.556. The predicted molar refractivity (Wildman–Crippen MR) is 46.9 cm³/mol. The van der Waals surface area contributed by atoms with Crippen molar-refractivity contribution in [2.24, 2.45) is 7.05 Å².